The Kier molecular flexibility index (Phi) is 6.14. The van der Waals surface area contributed by atoms with Crippen LogP contribution < -0.4 is 10.6 Å². The summed E-state index contributed by atoms with van der Waals surface area (Å²) in [6, 6.07) is 12.2. The third kappa shape index (κ3) is 4.66. The van der Waals surface area contributed by atoms with Crippen LogP contribution in [0.5, 0.6) is 0 Å². The molecule has 140 valence electrons. The van der Waals surface area contributed by atoms with Crippen LogP contribution in [0.4, 0.5) is 15.8 Å². The first-order valence-electron chi connectivity index (χ1n) is 8.15. The molecule has 0 saturated carbocycles. The molecule has 0 atom stereocenters. The highest BCUT2D eigenvalue weighted by Gasteiger charge is 2.14. The zero-order chi connectivity index (χ0) is 19.6. The van der Waals surface area contributed by atoms with E-state index in [1.54, 1.807) is 22.9 Å². The Hall–Kier alpha value is -1.96. The van der Waals surface area contributed by atoms with Crippen LogP contribution in [0.15, 0.2) is 46.9 Å². The van der Waals surface area contributed by atoms with E-state index < -0.39 is 0 Å². The van der Waals surface area contributed by atoms with Crippen LogP contribution in [-0.2, 0) is 6.54 Å². The molecule has 27 heavy (non-hydrogen) atoms. The molecule has 0 aliphatic carbocycles. The minimum absolute atomic E-state index is 0.248. The minimum Gasteiger partial charge on any atom is -0.331 e. The lowest BCUT2D eigenvalue weighted by molar-refractivity contribution is 0.579. The number of aryl methyl sites for hydroxylation is 1. The molecule has 2 aromatic carbocycles. The Bertz CT molecular complexity index is 1010. The molecule has 2 N–H and O–H groups in total. The molecule has 0 bridgehead atoms. The Balaban J connectivity index is 1.76. The molecular formula is C19H17BrClFN4S. The molecule has 0 radical (unpaired) electrons. The number of nitrogens with zero attached hydrogens (tertiary/aromatic N) is 2. The Morgan fingerprint density at radius 2 is 1.96 bits per heavy atom. The van der Waals surface area contributed by atoms with Gasteiger partial charge in [-0.25, -0.2) is 4.39 Å². The minimum atomic E-state index is -0.248. The monoisotopic (exact) mass is 466 g/mol. The highest BCUT2D eigenvalue weighted by atomic mass is 79.9. The fourth-order valence-corrected chi connectivity index (χ4v) is 3.61. The molecule has 0 aliphatic rings. The first-order valence-corrected chi connectivity index (χ1v) is 9.73. The predicted octanol–water partition coefficient (Wildman–Crippen LogP) is 5.91. The van der Waals surface area contributed by atoms with E-state index in [0.29, 0.717) is 27.9 Å². The molecule has 3 aromatic rings. The standard InChI is InChI=1S/C19H17BrClFN4S/c1-11-18(24-19(27)23-17-8-7-14(20)9-15(17)21)12(2)26(25-11)10-13-5-3-4-6-16(13)22/h3-9H,10H2,1-2H3,(H2,23,24,27). The lowest BCUT2D eigenvalue weighted by Crippen LogP contribution is -2.20. The van der Waals surface area contributed by atoms with E-state index in [-0.39, 0.29) is 5.82 Å². The number of thiocarbonyl (C=S) groups is 1. The molecule has 0 fully saturated rings. The van der Waals surface area contributed by atoms with Gasteiger partial charge in [-0.3, -0.25) is 4.68 Å². The summed E-state index contributed by atoms with van der Waals surface area (Å²) in [4.78, 5) is 0. The fourth-order valence-electron chi connectivity index (χ4n) is 2.68. The first kappa shape index (κ1) is 19.8. The molecule has 0 saturated heterocycles. The third-order valence-electron chi connectivity index (χ3n) is 4.08. The number of aromatic nitrogens is 2. The lowest BCUT2D eigenvalue weighted by Gasteiger charge is -2.12. The number of rotatable bonds is 4. The highest BCUT2D eigenvalue weighted by molar-refractivity contribution is 9.10. The summed E-state index contributed by atoms with van der Waals surface area (Å²) < 4.78 is 16.6. The van der Waals surface area contributed by atoms with Crippen molar-refractivity contribution in [2.75, 3.05) is 10.6 Å². The van der Waals surface area contributed by atoms with Crippen molar-refractivity contribution in [3.05, 3.63) is 74.7 Å². The summed E-state index contributed by atoms with van der Waals surface area (Å²) in [5, 5.41) is 11.7. The van der Waals surface area contributed by atoms with Gasteiger partial charge in [-0.2, -0.15) is 5.10 Å². The van der Waals surface area contributed by atoms with Crippen molar-refractivity contribution in [3.8, 4) is 0 Å². The number of anilines is 2. The molecule has 1 aromatic heterocycles. The van der Waals surface area contributed by atoms with Crippen molar-refractivity contribution in [3.63, 3.8) is 0 Å². The number of nitrogens with one attached hydrogen (secondary N) is 2. The number of halogens is 3. The summed E-state index contributed by atoms with van der Waals surface area (Å²) in [6.07, 6.45) is 0. The van der Waals surface area contributed by atoms with Gasteiger partial charge >= 0.3 is 0 Å². The number of benzene rings is 2. The maximum absolute atomic E-state index is 13.9. The summed E-state index contributed by atoms with van der Waals surface area (Å²) in [7, 11) is 0. The van der Waals surface area contributed by atoms with Crippen LogP contribution in [0.3, 0.4) is 0 Å². The second-order valence-corrected chi connectivity index (χ2v) is 7.73. The van der Waals surface area contributed by atoms with Gasteiger partial charge in [-0.1, -0.05) is 45.7 Å². The van der Waals surface area contributed by atoms with E-state index in [4.69, 9.17) is 23.8 Å². The van der Waals surface area contributed by atoms with Crippen molar-refractivity contribution in [2.45, 2.75) is 20.4 Å². The number of hydrogen-bond acceptors (Lipinski definition) is 2. The zero-order valence-corrected chi connectivity index (χ0v) is 17.8. The van der Waals surface area contributed by atoms with Gasteiger partial charge in [0.1, 0.15) is 5.82 Å². The quantitative estimate of drug-likeness (QED) is 0.468. The number of hydrogen-bond donors (Lipinski definition) is 2. The zero-order valence-electron chi connectivity index (χ0n) is 14.7. The van der Waals surface area contributed by atoms with Gasteiger partial charge in [-0.15, -0.1) is 0 Å². The van der Waals surface area contributed by atoms with Crippen molar-refractivity contribution in [1.82, 2.24) is 9.78 Å². The molecule has 8 heteroatoms. The lowest BCUT2D eigenvalue weighted by atomic mass is 10.2. The fraction of sp³-hybridized carbons (Fsp3) is 0.158. The van der Waals surface area contributed by atoms with Gasteiger partial charge in [-0.05, 0) is 50.3 Å². The van der Waals surface area contributed by atoms with Crippen molar-refractivity contribution in [1.29, 1.82) is 0 Å². The highest BCUT2D eigenvalue weighted by Crippen LogP contribution is 2.26. The summed E-state index contributed by atoms with van der Waals surface area (Å²) in [5.41, 5.74) is 3.71. The SMILES string of the molecule is Cc1nn(Cc2ccccc2F)c(C)c1NC(=S)Nc1ccc(Br)cc1Cl. The summed E-state index contributed by atoms with van der Waals surface area (Å²) in [5.74, 6) is -0.248. The van der Waals surface area contributed by atoms with Crippen molar-refractivity contribution < 1.29 is 4.39 Å². The maximum atomic E-state index is 13.9. The van der Waals surface area contributed by atoms with Gasteiger partial charge < -0.3 is 10.6 Å². The molecule has 3 rings (SSSR count). The van der Waals surface area contributed by atoms with Crippen LogP contribution in [0.25, 0.3) is 0 Å². The maximum Gasteiger partial charge on any atom is 0.175 e. The van der Waals surface area contributed by atoms with E-state index in [2.05, 4.69) is 31.7 Å². The van der Waals surface area contributed by atoms with Gasteiger partial charge in [0.05, 0.1) is 34.3 Å². The molecular weight excluding hydrogens is 451 g/mol. The summed E-state index contributed by atoms with van der Waals surface area (Å²) in [6.45, 7) is 4.14. The second-order valence-electron chi connectivity index (χ2n) is 6.00. The largest absolute Gasteiger partial charge is 0.331 e. The first-order chi connectivity index (χ1) is 12.8. The van der Waals surface area contributed by atoms with E-state index in [0.717, 1.165) is 21.5 Å². The topological polar surface area (TPSA) is 41.9 Å². The smallest absolute Gasteiger partial charge is 0.175 e. The van der Waals surface area contributed by atoms with Crippen LogP contribution in [0.2, 0.25) is 5.02 Å². The summed E-state index contributed by atoms with van der Waals surface area (Å²) >= 11 is 15.0. The van der Waals surface area contributed by atoms with Crippen LogP contribution in [0.1, 0.15) is 17.0 Å². The second kappa shape index (κ2) is 8.37. The van der Waals surface area contributed by atoms with E-state index in [1.807, 2.05) is 32.0 Å². The van der Waals surface area contributed by atoms with Gasteiger partial charge in [0.2, 0.25) is 0 Å². The molecule has 0 aliphatic heterocycles. The Morgan fingerprint density at radius 1 is 1.22 bits per heavy atom. The predicted molar refractivity (Wildman–Crippen MR) is 116 cm³/mol. The van der Waals surface area contributed by atoms with E-state index in [1.165, 1.54) is 6.07 Å². The van der Waals surface area contributed by atoms with E-state index >= 15 is 0 Å². The van der Waals surface area contributed by atoms with E-state index in [9.17, 15) is 4.39 Å². The van der Waals surface area contributed by atoms with Crippen LogP contribution in [-0.4, -0.2) is 14.9 Å². The van der Waals surface area contributed by atoms with Gasteiger partial charge in [0.15, 0.2) is 5.11 Å². The van der Waals surface area contributed by atoms with Gasteiger partial charge in [0, 0.05) is 10.0 Å². The van der Waals surface area contributed by atoms with Crippen LogP contribution in [0, 0.1) is 19.7 Å². The third-order valence-corrected chi connectivity index (χ3v) is 5.09. The average Bonchev–Trinajstić information content (AvgIpc) is 2.87. The molecule has 4 nitrogen and oxygen atoms in total. The molecule has 1 heterocycles. The average molecular weight is 468 g/mol. The normalized spacial score (nSPS) is 10.7. The van der Waals surface area contributed by atoms with Crippen LogP contribution >= 0.6 is 39.7 Å². The molecule has 0 spiro atoms. The Morgan fingerprint density at radius 3 is 2.67 bits per heavy atom. The van der Waals surface area contributed by atoms with Gasteiger partial charge in [0.25, 0.3) is 0 Å². The molecule has 0 unspecified atom stereocenters. The molecule has 0 amide bonds. The Labute approximate surface area is 175 Å². The van der Waals surface area contributed by atoms with Crippen molar-refractivity contribution >= 4 is 56.2 Å². The van der Waals surface area contributed by atoms with Crippen molar-refractivity contribution in [2.24, 2.45) is 0 Å².